The molecule has 0 atom stereocenters. The Bertz CT molecular complexity index is 535. The lowest BCUT2D eigenvalue weighted by Crippen LogP contribution is -2.20. The summed E-state index contributed by atoms with van der Waals surface area (Å²) in [4.78, 5) is 12.7. The Hall–Kier alpha value is -1.42. The molecule has 1 amide bonds. The molecule has 19 heavy (non-hydrogen) atoms. The molecular weight excluding hydrogens is 256 g/mol. The molecule has 4 heteroatoms. The fourth-order valence-corrected chi connectivity index (χ4v) is 3.04. The van der Waals surface area contributed by atoms with Crippen molar-refractivity contribution in [2.24, 2.45) is 22.5 Å². The summed E-state index contributed by atoms with van der Waals surface area (Å²) in [7, 11) is 0. The van der Waals surface area contributed by atoms with Crippen LogP contribution in [-0.4, -0.2) is 10.9 Å². The van der Waals surface area contributed by atoms with Crippen molar-refractivity contribution in [1.29, 1.82) is 0 Å². The van der Waals surface area contributed by atoms with Gasteiger partial charge in [0.1, 0.15) is 4.99 Å². The SMILES string of the molecule is CC1(C)C(C(=O)Nc2ccccc2C(N)=S)C1(C)C. The number of para-hydroxylation sites is 1. The maximum atomic E-state index is 12.4. The summed E-state index contributed by atoms with van der Waals surface area (Å²) in [5, 5.41) is 2.96. The minimum atomic E-state index is 0.0133. The molecule has 0 saturated heterocycles. The second-order valence-electron chi connectivity index (χ2n) is 6.28. The summed E-state index contributed by atoms with van der Waals surface area (Å²) in [5.74, 6) is 0.0538. The van der Waals surface area contributed by atoms with Gasteiger partial charge in [-0.1, -0.05) is 52.0 Å². The van der Waals surface area contributed by atoms with Crippen LogP contribution >= 0.6 is 12.2 Å². The van der Waals surface area contributed by atoms with Crippen LogP contribution in [0.3, 0.4) is 0 Å². The molecule has 1 fully saturated rings. The third-order valence-electron chi connectivity index (χ3n) is 4.73. The minimum Gasteiger partial charge on any atom is -0.389 e. The van der Waals surface area contributed by atoms with Crippen molar-refractivity contribution in [2.75, 3.05) is 5.32 Å². The van der Waals surface area contributed by atoms with Gasteiger partial charge in [-0.3, -0.25) is 4.79 Å². The molecule has 1 saturated carbocycles. The van der Waals surface area contributed by atoms with Crippen LogP contribution in [0.25, 0.3) is 0 Å². The Labute approximate surface area is 119 Å². The smallest absolute Gasteiger partial charge is 0.228 e. The van der Waals surface area contributed by atoms with Crippen LogP contribution < -0.4 is 11.1 Å². The number of carbonyl (C=O) groups excluding carboxylic acids is 1. The monoisotopic (exact) mass is 276 g/mol. The van der Waals surface area contributed by atoms with E-state index in [1.807, 2.05) is 24.3 Å². The Morgan fingerprint density at radius 2 is 1.74 bits per heavy atom. The van der Waals surface area contributed by atoms with Crippen LogP contribution in [-0.2, 0) is 4.79 Å². The molecule has 0 bridgehead atoms. The number of benzene rings is 1. The fourth-order valence-electron chi connectivity index (χ4n) is 2.86. The number of nitrogens with one attached hydrogen (secondary N) is 1. The standard InChI is InChI=1S/C15H20N2OS/c1-14(2)11(15(14,3)4)13(18)17-10-8-6-5-7-9(10)12(16)19/h5-8,11H,1-4H3,(H2,16,19)(H,17,18). The first-order chi connectivity index (χ1) is 8.69. The van der Waals surface area contributed by atoms with E-state index in [1.165, 1.54) is 0 Å². The van der Waals surface area contributed by atoms with Gasteiger partial charge in [0.15, 0.2) is 0 Å². The van der Waals surface area contributed by atoms with E-state index in [2.05, 4.69) is 33.0 Å². The molecule has 1 aromatic rings. The largest absolute Gasteiger partial charge is 0.389 e. The lowest BCUT2D eigenvalue weighted by Gasteiger charge is -2.10. The molecule has 102 valence electrons. The molecule has 1 aromatic carbocycles. The first-order valence-electron chi connectivity index (χ1n) is 6.39. The lowest BCUT2D eigenvalue weighted by molar-refractivity contribution is -0.118. The summed E-state index contributed by atoms with van der Waals surface area (Å²) in [5.41, 5.74) is 7.12. The second kappa shape index (κ2) is 4.30. The molecule has 0 spiro atoms. The molecule has 0 aromatic heterocycles. The lowest BCUT2D eigenvalue weighted by atomic mass is 10.0. The average Bonchev–Trinajstić information content (AvgIpc) is 2.69. The van der Waals surface area contributed by atoms with Crippen LogP contribution in [0.15, 0.2) is 24.3 Å². The van der Waals surface area contributed by atoms with Gasteiger partial charge in [-0.25, -0.2) is 0 Å². The van der Waals surface area contributed by atoms with Gasteiger partial charge in [-0.2, -0.15) is 0 Å². The third kappa shape index (κ3) is 2.14. The molecule has 3 nitrogen and oxygen atoms in total. The first-order valence-corrected chi connectivity index (χ1v) is 6.80. The number of hydrogen-bond donors (Lipinski definition) is 2. The molecule has 1 aliphatic rings. The van der Waals surface area contributed by atoms with Gasteiger partial charge in [0.25, 0.3) is 0 Å². The highest BCUT2D eigenvalue weighted by molar-refractivity contribution is 7.80. The van der Waals surface area contributed by atoms with E-state index >= 15 is 0 Å². The highest BCUT2D eigenvalue weighted by atomic mass is 32.1. The topological polar surface area (TPSA) is 55.1 Å². The number of nitrogens with two attached hydrogens (primary N) is 1. The molecule has 3 N–H and O–H groups in total. The number of anilines is 1. The van der Waals surface area contributed by atoms with E-state index in [1.54, 1.807) is 0 Å². The maximum absolute atomic E-state index is 12.4. The van der Waals surface area contributed by atoms with Gasteiger partial charge in [0.2, 0.25) is 5.91 Å². The average molecular weight is 276 g/mol. The summed E-state index contributed by atoms with van der Waals surface area (Å²) in [6.45, 7) is 8.49. The van der Waals surface area contributed by atoms with Crippen molar-refractivity contribution < 1.29 is 4.79 Å². The van der Waals surface area contributed by atoms with E-state index in [0.717, 1.165) is 0 Å². The van der Waals surface area contributed by atoms with Gasteiger partial charge in [0.05, 0.1) is 5.69 Å². The van der Waals surface area contributed by atoms with Crippen molar-refractivity contribution in [1.82, 2.24) is 0 Å². The molecule has 0 unspecified atom stereocenters. The quantitative estimate of drug-likeness (QED) is 0.835. The summed E-state index contributed by atoms with van der Waals surface area (Å²) >= 11 is 5.00. The van der Waals surface area contributed by atoms with E-state index in [-0.39, 0.29) is 22.7 Å². The fraction of sp³-hybridized carbons (Fsp3) is 0.467. The van der Waals surface area contributed by atoms with Crippen LogP contribution in [0.2, 0.25) is 0 Å². The highest BCUT2D eigenvalue weighted by Crippen LogP contribution is 2.68. The Balaban J connectivity index is 2.20. The summed E-state index contributed by atoms with van der Waals surface area (Å²) in [6, 6.07) is 7.37. The van der Waals surface area contributed by atoms with Crippen LogP contribution in [0.5, 0.6) is 0 Å². The Morgan fingerprint density at radius 3 is 2.21 bits per heavy atom. The van der Waals surface area contributed by atoms with E-state index in [9.17, 15) is 4.79 Å². The molecule has 0 aliphatic heterocycles. The second-order valence-corrected chi connectivity index (χ2v) is 6.72. The molecule has 1 aliphatic carbocycles. The highest BCUT2D eigenvalue weighted by Gasteiger charge is 2.68. The molecule has 0 radical (unpaired) electrons. The van der Waals surface area contributed by atoms with Crippen molar-refractivity contribution in [2.45, 2.75) is 27.7 Å². The number of rotatable bonds is 3. The first kappa shape index (κ1) is 14.0. The van der Waals surface area contributed by atoms with Crippen LogP contribution in [0.4, 0.5) is 5.69 Å². The van der Waals surface area contributed by atoms with E-state index in [4.69, 9.17) is 18.0 Å². The molecule has 0 heterocycles. The van der Waals surface area contributed by atoms with Gasteiger partial charge in [0, 0.05) is 11.5 Å². The number of amides is 1. The maximum Gasteiger partial charge on any atom is 0.228 e. The Morgan fingerprint density at radius 1 is 1.21 bits per heavy atom. The Kier molecular flexibility index (Phi) is 3.17. The van der Waals surface area contributed by atoms with Crippen LogP contribution in [0.1, 0.15) is 33.3 Å². The van der Waals surface area contributed by atoms with Gasteiger partial charge in [-0.15, -0.1) is 0 Å². The van der Waals surface area contributed by atoms with Gasteiger partial charge >= 0.3 is 0 Å². The van der Waals surface area contributed by atoms with Crippen molar-refractivity contribution in [3.63, 3.8) is 0 Å². The normalized spacial score (nSPS) is 19.8. The zero-order chi connectivity index (χ0) is 14.4. The van der Waals surface area contributed by atoms with Crippen molar-refractivity contribution in [3.8, 4) is 0 Å². The predicted molar refractivity (Wildman–Crippen MR) is 82.0 cm³/mol. The third-order valence-corrected chi connectivity index (χ3v) is 4.95. The minimum absolute atomic E-state index is 0.0133. The molecule has 2 rings (SSSR count). The molecular formula is C15H20N2OS. The van der Waals surface area contributed by atoms with Crippen LogP contribution in [0, 0.1) is 16.7 Å². The zero-order valence-electron chi connectivity index (χ0n) is 11.8. The van der Waals surface area contributed by atoms with Crippen molar-refractivity contribution >= 4 is 28.8 Å². The zero-order valence-corrected chi connectivity index (χ0v) is 12.6. The predicted octanol–water partition coefficient (Wildman–Crippen LogP) is 2.94. The van der Waals surface area contributed by atoms with Gasteiger partial charge < -0.3 is 11.1 Å². The van der Waals surface area contributed by atoms with Gasteiger partial charge in [-0.05, 0) is 23.0 Å². The van der Waals surface area contributed by atoms with E-state index in [0.29, 0.717) is 16.2 Å². The number of hydrogen-bond acceptors (Lipinski definition) is 2. The number of carbonyl (C=O) groups is 1. The van der Waals surface area contributed by atoms with E-state index < -0.39 is 0 Å². The van der Waals surface area contributed by atoms with Crippen molar-refractivity contribution in [3.05, 3.63) is 29.8 Å². The summed E-state index contributed by atoms with van der Waals surface area (Å²) < 4.78 is 0. The summed E-state index contributed by atoms with van der Waals surface area (Å²) in [6.07, 6.45) is 0. The number of thiocarbonyl (C=S) groups is 1.